The van der Waals surface area contributed by atoms with Crippen LogP contribution in [0.25, 0.3) is 0 Å². The van der Waals surface area contributed by atoms with Crippen molar-refractivity contribution in [2.24, 2.45) is 17.8 Å². The van der Waals surface area contributed by atoms with Crippen LogP contribution in [0.1, 0.15) is 32.1 Å². The topological polar surface area (TPSA) is 17.1 Å². The van der Waals surface area contributed by atoms with E-state index in [-0.39, 0.29) is 0 Å². The second-order valence-electron chi connectivity index (χ2n) is 4.90. The zero-order valence-corrected chi connectivity index (χ0v) is 8.64. The average molecular weight is 229 g/mol. The predicted molar refractivity (Wildman–Crippen MR) is 50.2 cm³/mol. The van der Waals surface area contributed by atoms with Crippen LogP contribution in [-0.2, 0) is 4.79 Å². The van der Waals surface area contributed by atoms with Gasteiger partial charge in [-0.05, 0) is 38.0 Å². The third-order valence-corrected chi connectivity index (χ3v) is 4.89. The van der Waals surface area contributed by atoms with Gasteiger partial charge in [0, 0.05) is 16.2 Å². The van der Waals surface area contributed by atoms with E-state index in [9.17, 15) is 4.79 Å². The Balaban J connectivity index is 2.00. The first-order valence-electron chi connectivity index (χ1n) is 4.89. The van der Waals surface area contributed by atoms with E-state index in [4.69, 9.17) is 0 Å². The monoisotopic (exact) mass is 228 g/mol. The lowest BCUT2D eigenvalue weighted by Gasteiger charge is -2.53. The molecule has 2 unspecified atom stereocenters. The molecule has 4 fully saturated rings. The summed E-state index contributed by atoms with van der Waals surface area (Å²) in [5.41, 5.74) is 0. The number of hydrogen-bond acceptors (Lipinski definition) is 1. The molecule has 66 valence electrons. The van der Waals surface area contributed by atoms with E-state index in [1.807, 2.05) is 0 Å². The summed E-state index contributed by atoms with van der Waals surface area (Å²) in [6.45, 7) is 0. The molecule has 0 aliphatic heterocycles. The van der Waals surface area contributed by atoms with Gasteiger partial charge in [0.2, 0.25) is 0 Å². The van der Waals surface area contributed by atoms with E-state index >= 15 is 0 Å². The molecule has 0 aromatic heterocycles. The first-order valence-corrected chi connectivity index (χ1v) is 5.68. The molecular formula is C10H13BrO. The number of carbonyl (C=O) groups excluding carboxylic acids is 1. The molecule has 0 amide bonds. The fraction of sp³-hybridized carbons (Fsp3) is 0.900. The highest BCUT2D eigenvalue weighted by molar-refractivity contribution is 9.10. The van der Waals surface area contributed by atoms with Crippen molar-refractivity contribution in [2.75, 3.05) is 0 Å². The summed E-state index contributed by atoms with van der Waals surface area (Å²) in [7, 11) is 0. The minimum Gasteiger partial charge on any atom is -0.299 e. The third kappa shape index (κ3) is 0.876. The standard InChI is InChI=1S/C10H13BrO/c11-10-3-6-1-7(4-10)9(12)8(2-6)5-10/h6-8H,1-5H2/t6?,7-,8+,10?. The first-order chi connectivity index (χ1) is 5.66. The predicted octanol–water partition coefficient (Wildman–Crippen LogP) is 2.53. The molecule has 1 nitrogen and oxygen atoms in total. The molecule has 4 rings (SSSR count). The normalized spacial score (nSPS) is 56.4. The van der Waals surface area contributed by atoms with Crippen LogP contribution >= 0.6 is 15.9 Å². The summed E-state index contributed by atoms with van der Waals surface area (Å²) >= 11 is 3.83. The Morgan fingerprint density at radius 2 is 1.75 bits per heavy atom. The fourth-order valence-corrected chi connectivity index (χ4v) is 4.89. The van der Waals surface area contributed by atoms with E-state index in [0.29, 0.717) is 21.9 Å². The Morgan fingerprint density at radius 1 is 1.17 bits per heavy atom. The molecule has 0 aromatic carbocycles. The lowest BCUT2D eigenvalue weighted by molar-refractivity contribution is -0.138. The number of halogens is 1. The molecule has 4 atom stereocenters. The Morgan fingerprint density at radius 3 is 2.25 bits per heavy atom. The summed E-state index contributed by atoms with van der Waals surface area (Å²) in [5.74, 6) is 2.30. The molecule has 12 heavy (non-hydrogen) atoms. The van der Waals surface area contributed by atoms with Crippen LogP contribution in [0.4, 0.5) is 0 Å². The number of carbonyl (C=O) groups is 1. The van der Waals surface area contributed by atoms with E-state index in [1.54, 1.807) is 0 Å². The van der Waals surface area contributed by atoms with Gasteiger partial charge in [-0.25, -0.2) is 0 Å². The molecule has 4 aliphatic rings. The Kier molecular flexibility index (Phi) is 1.35. The van der Waals surface area contributed by atoms with Crippen LogP contribution in [0.5, 0.6) is 0 Å². The van der Waals surface area contributed by atoms with Crippen LogP contribution < -0.4 is 0 Å². The third-order valence-electron chi connectivity index (χ3n) is 3.92. The fourth-order valence-electron chi connectivity index (χ4n) is 3.65. The summed E-state index contributed by atoms with van der Waals surface area (Å²) in [6, 6.07) is 0. The van der Waals surface area contributed by atoms with Crippen molar-refractivity contribution in [3.8, 4) is 0 Å². The second kappa shape index (κ2) is 2.14. The van der Waals surface area contributed by atoms with Crippen LogP contribution in [-0.4, -0.2) is 10.1 Å². The average Bonchev–Trinajstić information content (AvgIpc) is 1.96. The van der Waals surface area contributed by atoms with Gasteiger partial charge in [0.1, 0.15) is 5.78 Å². The largest absolute Gasteiger partial charge is 0.299 e. The van der Waals surface area contributed by atoms with Crippen molar-refractivity contribution >= 4 is 21.7 Å². The molecule has 0 N–H and O–H groups in total. The number of Topliss-reactive ketones (excluding diaryl/α,β-unsaturated/α-hetero) is 1. The van der Waals surface area contributed by atoms with Gasteiger partial charge in [0.25, 0.3) is 0 Å². The van der Waals surface area contributed by atoms with E-state index in [0.717, 1.165) is 18.8 Å². The number of hydrogen-bond donors (Lipinski definition) is 0. The van der Waals surface area contributed by atoms with Gasteiger partial charge in [0.05, 0.1) is 0 Å². The molecule has 0 heterocycles. The Hall–Kier alpha value is 0.150. The zero-order valence-electron chi connectivity index (χ0n) is 7.05. The van der Waals surface area contributed by atoms with Gasteiger partial charge in [0.15, 0.2) is 0 Å². The first kappa shape index (κ1) is 7.54. The quantitative estimate of drug-likeness (QED) is 0.583. The van der Waals surface area contributed by atoms with Gasteiger partial charge in [-0.1, -0.05) is 15.9 Å². The molecular weight excluding hydrogens is 216 g/mol. The molecule has 0 aromatic rings. The molecule has 0 saturated heterocycles. The van der Waals surface area contributed by atoms with Crippen molar-refractivity contribution < 1.29 is 4.79 Å². The van der Waals surface area contributed by atoms with Crippen LogP contribution in [0, 0.1) is 17.8 Å². The Labute approximate surface area is 81.0 Å². The molecule has 0 radical (unpaired) electrons. The summed E-state index contributed by atoms with van der Waals surface area (Å²) in [4.78, 5) is 11.7. The highest BCUT2D eigenvalue weighted by Crippen LogP contribution is 2.57. The van der Waals surface area contributed by atoms with Crippen LogP contribution in [0.15, 0.2) is 0 Å². The summed E-state index contributed by atoms with van der Waals surface area (Å²) in [5, 5.41) is 0. The van der Waals surface area contributed by atoms with Gasteiger partial charge in [-0.2, -0.15) is 0 Å². The maximum Gasteiger partial charge on any atom is 0.139 e. The van der Waals surface area contributed by atoms with Crippen molar-refractivity contribution in [2.45, 2.75) is 36.4 Å². The Bertz CT molecular complexity index is 230. The molecule has 4 bridgehead atoms. The van der Waals surface area contributed by atoms with Crippen molar-refractivity contribution in [1.82, 2.24) is 0 Å². The molecule has 0 spiro atoms. The minimum atomic E-state index is 0.372. The van der Waals surface area contributed by atoms with Crippen LogP contribution in [0.2, 0.25) is 0 Å². The lowest BCUT2D eigenvalue weighted by atomic mass is 9.55. The van der Waals surface area contributed by atoms with Crippen molar-refractivity contribution in [1.29, 1.82) is 0 Å². The van der Waals surface area contributed by atoms with E-state index < -0.39 is 0 Å². The smallest absolute Gasteiger partial charge is 0.139 e. The van der Waals surface area contributed by atoms with E-state index in [1.165, 1.54) is 19.3 Å². The summed E-state index contributed by atoms with van der Waals surface area (Å²) in [6.07, 6.45) is 5.97. The maximum atomic E-state index is 11.7. The minimum absolute atomic E-state index is 0.372. The number of rotatable bonds is 0. The van der Waals surface area contributed by atoms with Gasteiger partial charge < -0.3 is 0 Å². The molecule has 4 saturated carbocycles. The van der Waals surface area contributed by atoms with Crippen molar-refractivity contribution in [3.63, 3.8) is 0 Å². The van der Waals surface area contributed by atoms with Crippen molar-refractivity contribution in [3.05, 3.63) is 0 Å². The maximum absolute atomic E-state index is 11.7. The molecule has 2 heteroatoms. The van der Waals surface area contributed by atoms with Gasteiger partial charge in [-0.15, -0.1) is 0 Å². The highest BCUT2D eigenvalue weighted by Gasteiger charge is 2.53. The zero-order chi connectivity index (χ0) is 8.34. The lowest BCUT2D eigenvalue weighted by Crippen LogP contribution is -2.52. The van der Waals surface area contributed by atoms with E-state index in [2.05, 4.69) is 15.9 Å². The number of ketones is 1. The van der Waals surface area contributed by atoms with Gasteiger partial charge >= 0.3 is 0 Å². The molecule has 4 aliphatic carbocycles. The van der Waals surface area contributed by atoms with Crippen LogP contribution in [0.3, 0.4) is 0 Å². The number of alkyl halides is 1. The summed E-state index contributed by atoms with van der Waals surface area (Å²) < 4.78 is 0.372. The second-order valence-corrected chi connectivity index (χ2v) is 6.58. The SMILES string of the molecule is O=C1[C@@H]2CC3C[C@H]1CC(Br)(C3)C2. The van der Waals surface area contributed by atoms with Gasteiger partial charge in [-0.3, -0.25) is 4.79 Å². The highest BCUT2D eigenvalue weighted by atomic mass is 79.9.